The molecular weight excluding hydrogens is 266 g/mol. The number of ether oxygens (including phenoxy) is 1. The van der Waals surface area contributed by atoms with Gasteiger partial charge in [0, 0.05) is 0 Å². The Morgan fingerprint density at radius 3 is 3.07 bits per heavy atom. The Morgan fingerprint density at radius 1 is 1.79 bits per heavy atom. The monoisotopic (exact) mass is 275 g/mol. The first-order valence-corrected chi connectivity index (χ1v) is 6.13. The molecule has 1 aromatic heterocycles. The zero-order valence-corrected chi connectivity index (χ0v) is 10.1. The number of hydrogen-bond acceptors (Lipinski definition) is 4. The molecule has 14 heavy (non-hydrogen) atoms. The van der Waals surface area contributed by atoms with Crippen molar-refractivity contribution in [3.63, 3.8) is 0 Å². The van der Waals surface area contributed by atoms with E-state index in [-0.39, 0.29) is 5.97 Å². The van der Waals surface area contributed by atoms with Crippen LogP contribution in [0.15, 0.2) is 6.20 Å². The minimum absolute atomic E-state index is 0.302. The molecule has 1 heterocycles. The number of alkyl halides is 1. The van der Waals surface area contributed by atoms with E-state index in [0.29, 0.717) is 15.6 Å². The molecule has 0 saturated heterocycles. The molecule has 1 aliphatic rings. The predicted octanol–water partition coefficient (Wildman–Crippen LogP) is 2.78. The molecule has 76 valence electrons. The number of methoxy groups -OCH3 is 1. The Hall–Kier alpha value is -0.420. The van der Waals surface area contributed by atoms with E-state index in [1.54, 1.807) is 6.20 Å². The number of esters is 1. The number of carbonyl (C=O) groups excluding carboxylic acids is 1. The van der Waals surface area contributed by atoms with E-state index in [1.807, 2.05) is 0 Å². The number of halogens is 1. The Balaban J connectivity index is 2.12. The van der Waals surface area contributed by atoms with Gasteiger partial charge in [0.25, 0.3) is 0 Å². The van der Waals surface area contributed by atoms with Gasteiger partial charge in [-0.05, 0) is 18.8 Å². The van der Waals surface area contributed by atoms with Gasteiger partial charge in [0.05, 0.1) is 18.1 Å². The summed E-state index contributed by atoms with van der Waals surface area (Å²) < 4.78 is 4.62. The first-order chi connectivity index (χ1) is 6.72. The molecule has 5 heteroatoms. The fraction of sp³-hybridized carbons (Fsp3) is 0.556. The maximum absolute atomic E-state index is 11.2. The van der Waals surface area contributed by atoms with Gasteiger partial charge in [0.2, 0.25) is 0 Å². The molecule has 1 saturated carbocycles. The van der Waals surface area contributed by atoms with E-state index in [4.69, 9.17) is 0 Å². The fourth-order valence-electron chi connectivity index (χ4n) is 1.20. The van der Waals surface area contributed by atoms with Crippen molar-refractivity contribution in [3.8, 4) is 0 Å². The molecule has 1 atom stereocenters. The molecule has 1 fully saturated rings. The molecule has 0 amide bonds. The van der Waals surface area contributed by atoms with Crippen LogP contribution in [-0.2, 0) is 4.74 Å². The van der Waals surface area contributed by atoms with E-state index in [0.717, 1.165) is 5.01 Å². The zero-order valence-electron chi connectivity index (χ0n) is 7.70. The normalized spacial score (nSPS) is 17.9. The quantitative estimate of drug-likeness (QED) is 0.629. The summed E-state index contributed by atoms with van der Waals surface area (Å²) in [6, 6.07) is 0. The van der Waals surface area contributed by atoms with Crippen molar-refractivity contribution >= 4 is 33.2 Å². The first-order valence-electron chi connectivity index (χ1n) is 4.40. The molecule has 1 unspecified atom stereocenters. The lowest BCUT2D eigenvalue weighted by atomic mass is 10.3. The van der Waals surface area contributed by atoms with Crippen LogP contribution in [0, 0.1) is 5.92 Å². The molecule has 0 aromatic carbocycles. The van der Waals surface area contributed by atoms with Crippen LogP contribution in [0.25, 0.3) is 0 Å². The molecular formula is C9H10BrNO2S. The summed E-state index contributed by atoms with van der Waals surface area (Å²) in [5.41, 5.74) is 0. The molecule has 0 N–H and O–H groups in total. The highest BCUT2D eigenvalue weighted by molar-refractivity contribution is 9.09. The average Bonchev–Trinajstić information content (AvgIpc) is 2.93. The van der Waals surface area contributed by atoms with Crippen molar-refractivity contribution < 1.29 is 9.53 Å². The van der Waals surface area contributed by atoms with Gasteiger partial charge in [-0.2, -0.15) is 0 Å². The van der Waals surface area contributed by atoms with E-state index in [9.17, 15) is 4.79 Å². The minimum atomic E-state index is -0.302. The van der Waals surface area contributed by atoms with Gasteiger partial charge in [-0.1, -0.05) is 15.9 Å². The van der Waals surface area contributed by atoms with Gasteiger partial charge in [0.15, 0.2) is 0 Å². The number of hydrogen-bond donors (Lipinski definition) is 0. The summed E-state index contributed by atoms with van der Waals surface area (Å²) >= 11 is 5.00. The van der Waals surface area contributed by atoms with Gasteiger partial charge in [-0.25, -0.2) is 9.78 Å². The molecule has 1 aromatic rings. The molecule has 0 aliphatic heterocycles. The lowest BCUT2D eigenvalue weighted by molar-refractivity contribution is 0.0606. The third-order valence-electron chi connectivity index (χ3n) is 2.18. The van der Waals surface area contributed by atoms with Crippen molar-refractivity contribution in [2.24, 2.45) is 5.92 Å². The van der Waals surface area contributed by atoms with Crippen LogP contribution in [0.1, 0.15) is 32.3 Å². The SMILES string of the molecule is COC(=O)c1cnc(C(Br)C2CC2)s1. The van der Waals surface area contributed by atoms with Crippen LogP contribution in [-0.4, -0.2) is 18.1 Å². The summed E-state index contributed by atoms with van der Waals surface area (Å²) in [7, 11) is 1.38. The van der Waals surface area contributed by atoms with Crippen molar-refractivity contribution in [2.45, 2.75) is 17.7 Å². The highest BCUT2D eigenvalue weighted by Gasteiger charge is 2.32. The lowest BCUT2D eigenvalue weighted by Gasteiger charge is -2.01. The molecule has 3 nitrogen and oxygen atoms in total. The maximum atomic E-state index is 11.2. The zero-order chi connectivity index (χ0) is 10.1. The van der Waals surface area contributed by atoms with Crippen LogP contribution >= 0.6 is 27.3 Å². The third kappa shape index (κ3) is 1.98. The van der Waals surface area contributed by atoms with Gasteiger partial charge in [-0.3, -0.25) is 0 Å². The number of carbonyl (C=O) groups is 1. The van der Waals surface area contributed by atoms with Crippen molar-refractivity contribution in [3.05, 3.63) is 16.1 Å². The van der Waals surface area contributed by atoms with Crippen LogP contribution in [0.5, 0.6) is 0 Å². The third-order valence-corrected chi connectivity index (χ3v) is 4.73. The smallest absolute Gasteiger partial charge is 0.349 e. The van der Waals surface area contributed by atoms with Crippen molar-refractivity contribution in [2.75, 3.05) is 7.11 Å². The van der Waals surface area contributed by atoms with E-state index >= 15 is 0 Å². The summed E-state index contributed by atoms with van der Waals surface area (Å²) in [5.74, 6) is 0.399. The Kier molecular flexibility index (Phi) is 2.88. The second kappa shape index (κ2) is 3.98. The van der Waals surface area contributed by atoms with Gasteiger partial charge in [-0.15, -0.1) is 11.3 Å². The van der Waals surface area contributed by atoms with Gasteiger partial charge < -0.3 is 4.74 Å². The Bertz CT molecular complexity index is 348. The van der Waals surface area contributed by atoms with Crippen LogP contribution in [0.3, 0.4) is 0 Å². The molecule has 2 rings (SSSR count). The first kappa shape index (κ1) is 10.1. The molecule has 1 aliphatic carbocycles. The number of nitrogens with zero attached hydrogens (tertiary/aromatic N) is 1. The number of thiazole rings is 1. The summed E-state index contributed by atoms with van der Waals surface area (Å²) in [6.45, 7) is 0. The molecule has 0 spiro atoms. The second-order valence-corrected chi connectivity index (χ2v) is 5.34. The minimum Gasteiger partial charge on any atom is -0.465 e. The summed E-state index contributed by atoms with van der Waals surface area (Å²) in [4.78, 5) is 16.3. The highest BCUT2D eigenvalue weighted by atomic mass is 79.9. The van der Waals surface area contributed by atoms with Crippen molar-refractivity contribution in [1.29, 1.82) is 0 Å². The molecule has 0 bridgehead atoms. The summed E-state index contributed by atoms with van der Waals surface area (Å²) in [6.07, 6.45) is 4.09. The summed E-state index contributed by atoms with van der Waals surface area (Å²) in [5, 5.41) is 0.980. The van der Waals surface area contributed by atoms with Gasteiger partial charge >= 0.3 is 5.97 Å². The Morgan fingerprint density at radius 2 is 2.50 bits per heavy atom. The average molecular weight is 276 g/mol. The van der Waals surface area contributed by atoms with Crippen LogP contribution in [0.4, 0.5) is 0 Å². The Labute approximate surface area is 94.6 Å². The van der Waals surface area contributed by atoms with E-state index < -0.39 is 0 Å². The maximum Gasteiger partial charge on any atom is 0.349 e. The van der Waals surface area contributed by atoms with Crippen molar-refractivity contribution in [1.82, 2.24) is 4.98 Å². The van der Waals surface area contributed by atoms with E-state index in [2.05, 4.69) is 25.7 Å². The number of aromatic nitrogens is 1. The predicted molar refractivity (Wildman–Crippen MR) is 57.8 cm³/mol. The van der Waals surface area contributed by atoms with Gasteiger partial charge in [0.1, 0.15) is 9.88 Å². The topological polar surface area (TPSA) is 39.2 Å². The molecule has 0 radical (unpaired) electrons. The number of rotatable bonds is 3. The van der Waals surface area contributed by atoms with Crippen LogP contribution < -0.4 is 0 Å². The second-order valence-electron chi connectivity index (χ2n) is 3.29. The fourth-order valence-corrected chi connectivity index (χ4v) is 3.04. The standard InChI is InChI=1S/C9H10BrNO2S/c1-13-9(12)6-4-11-8(14-6)7(10)5-2-3-5/h4-5,7H,2-3H2,1H3. The lowest BCUT2D eigenvalue weighted by Crippen LogP contribution is -1.96. The largest absolute Gasteiger partial charge is 0.465 e. The highest BCUT2D eigenvalue weighted by Crippen LogP contribution is 2.47. The van der Waals surface area contributed by atoms with E-state index in [1.165, 1.54) is 31.3 Å². The van der Waals surface area contributed by atoms with Crippen LogP contribution in [0.2, 0.25) is 0 Å².